The Morgan fingerprint density at radius 3 is 2.77 bits per heavy atom. The molecule has 1 fully saturated rings. The minimum absolute atomic E-state index is 0.0812. The Morgan fingerprint density at radius 2 is 2.12 bits per heavy atom. The molecule has 3 rings (SSSR count). The van der Waals surface area contributed by atoms with Gasteiger partial charge in [-0.3, -0.25) is 4.79 Å². The van der Waals surface area contributed by atoms with Gasteiger partial charge in [0.05, 0.1) is 11.5 Å². The standard InChI is InChI=1S/C18H20F3N3O2/c1-11(2)16-22-17(26-23-16)13-6-7-15(25)24(10-13)9-12-4-3-5-14(8-12)18(19,20)21/h3-5,8,11,13H,6-7,9-10H2,1-2H3. The van der Waals surface area contributed by atoms with Gasteiger partial charge < -0.3 is 9.42 Å². The van der Waals surface area contributed by atoms with E-state index in [1.54, 1.807) is 11.0 Å². The van der Waals surface area contributed by atoms with Crippen molar-refractivity contribution in [3.8, 4) is 0 Å². The number of amides is 1. The maximum absolute atomic E-state index is 12.9. The summed E-state index contributed by atoms with van der Waals surface area (Å²) in [6, 6.07) is 5.06. The van der Waals surface area contributed by atoms with Crippen LogP contribution in [0.3, 0.4) is 0 Å². The van der Waals surface area contributed by atoms with E-state index in [2.05, 4.69) is 10.1 Å². The lowest BCUT2D eigenvalue weighted by Gasteiger charge is -2.31. The van der Waals surface area contributed by atoms with Gasteiger partial charge in [-0.15, -0.1) is 0 Å². The van der Waals surface area contributed by atoms with Gasteiger partial charge in [-0.25, -0.2) is 0 Å². The van der Waals surface area contributed by atoms with Crippen LogP contribution in [-0.2, 0) is 17.5 Å². The van der Waals surface area contributed by atoms with Crippen molar-refractivity contribution in [1.82, 2.24) is 15.0 Å². The molecule has 1 atom stereocenters. The number of rotatable bonds is 4. The highest BCUT2D eigenvalue weighted by molar-refractivity contribution is 5.77. The summed E-state index contributed by atoms with van der Waals surface area (Å²) in [5.41, 5.74) is -0.267. The second-order valence-corrected chi connectivity index (χ2v) is 6.85. The minimum atomic E-state index is -4.40. The molecule has 26 heavy (non-hydrogen) atoms. The molecule has 1 unspecified atom stereocenters. The first-order chi connectivity index (χ1) is 12.2. The van der Waals surface area contributed by atoms with Crippen LogP contribution in [0.2, 0.25) is 0 Å². The molecule has 0 radical (unpaired) electrons. The zero-order valence-corrected chi connectivity index (χ0v) is 14.6. The van der Waals surface area contributed by atoms with E-state index in [-0.39, 0.29) is 24.3 Å². The maximum Gasteiger partial charge on any atom is 0.416 e. The first kappa shape index (κ1) is 18.4. The number of carbonyl (C=O) groups excluding carboxylic acids is 1. The maximum atomic E-state index is 12.9. The summed E-state index contributed by atoms with van der Waals surface area (Å²) < 4.78 is 43.9. The highest BCUT2D eigenvalue weighted by atomic mass is 19.4. The average molecular weight is 367 g/mol. The molecule has 1 aromatic heterocycles. The van der Waals surface area contributed by atoms with E-state index in [4.69, 9.17) is 4.52 Å². The molecular weight excluding hydrogens is 347 g/mol. The van der Waals surface area contributed by atoms with Crippen molar-refractivity contribution in [3.05, 3.63) is 47.1 Å². The van der Waals surface area contributed by atoms with Crippen molar-refractivity contribution >= 4 is 5.91 Å². The normalized spacial score (nSPS) is 18.6. The van der Waals surface area contributed by atoms with E-state index >= 15 is 0 Å². The van der Waals surface area contributed by atoms with Crippen molar-refractivity contribution in [2.45, 2.75) is 51.2 Å². The first-order valence-electron chi connectivity index (χ1n) is 8.51. The van der Waals surface area contributed by atoms with E-state index in [1.165, 1.54) is 6.07 Å². The fourth-order valence-electron chi connectivity index (χ4n) is 2.98. The van der Waals surface area contributed by atoms with Gasteiger partial charge in [0.25, 0.3) is 0 Å². The van der Waals surface area contributed by atoms with Gasteiger partial charge in [0, 0.05) is 25.4 Å². The van der Waals surface area contributed by atoms with Crippen molar-refractivity contribution in [3.63, 3.8) is 0 Å². The number of hydrogen-bond acceptors (Lipinski definition) is 4. The minimum Gasteiger partial charge on any atom is -0.339 e. The molecule has 1 aliphatic heterocycles. The molecule has 2 aromatic rings. The van der Waals surface area contributed by atoms with Crippen molar-refractivity contribution < 1.29 is 22.5 Å². The Kier molecular flexibility index (Phi) is 5.02. The lowest BCUT2D eigenvalue weighted by molar-refractivity contribution is -0.137. The van der Waals surface area contributed by atoms with Crippen LogP contribution < -0.4 is 0 Å². The predicted octanol–water partition coefficient (Wildman–Crippen LogP) is 4.12. The van der Waals surface area contributed by atoms with Crippen LogP contribution in [-0.4, -0.2) is 27.5 Å². The Balaban J connectivity index is 1.74. The molecule has 8 heteroatoms. The second kappa shape index (κ2) is 7.09. The number of nitrogens with zero attached hydrogens (tertiary/aromatic N) is 3. The summed E-state index contributed by atoms with van der Waals surface area (Å²) in [5.74, 6) is 1.05. The van der Waals surface area contributed by atoms with Crippen LogP contribution in [0.1, 0.15) is 61.4 Å². The monoisotopic (exact) mass is 367 g/mol. The zero-order chi connectivity index (χ0) is 18.9. The van der Waals surface area contributed by atoms with Crippen LogP contribution in [0, 0.1) is 0 Å². The summed E-state index contributed by atoms with van der Waals surface area (Å²) in [6.45, 7) is 4.40. The van der Waals surface area contributed by atoms with Crippen LogP contribution in [0.25, 0.3) is 0 Å². The Hall–Kier alpha value is -2.38. The molecule has 5 nitrogen and oxygen atoms in total. The molecule has 0 spiro atoms. The summed E-state index contributed by atoms with van der Waals surface area (Å²) in [7, 11) is 0. The molecule has 0 bridgehead atoms. The number of piperidine rings is 1. The molecule has 0 aliphatic carbocycles. The molecule has 0 saturated carbocycles. The van der Waals surface area contributed by atoms with Gasteiger partial charge in [0.15, 0.2) is 5.82 Å². The first-order valence-corrected chi connectivity index (χ1v) is 8.51. The van der Waals surface area contributed by atoms with Crippen LogP contribution in [0.4, 0.5) is 13.2 Å². The summed E-state index contributed by atoms with van der Waals surface area (Å²) in [4.78, 5) is 18.1. The largest absolute Gasteiger partial charge is 0.416 e. The molecular formula is C18H20F3N3O2. The van der Waals surface area contributed by atoms with Gasteiger partial charge in [-0.2, -0.15) is 18.2 Å². The number of halogens is 3. The van der Waals surface area contributed by atoms with E-state index in [0.717, 1.165) is 12.1 Å². The fraction of sp³-hybridized carbons (Fsp3) is 0.500. The van der Waals surface area contributed by atoms with Gasteiger partial charge in [-0.05, 0) is 24.1 Å². The van der Waals surface area contributed by atoms with Crippen LogP contribution >= 0.6 is 0 Å². The molecule has 1 aromatic carbocycles. The third-order valence-electron chi connectivity index (χ3n) is 4.45. The van der Waals surface area contributed by atoms with Crippen molar-refractivity contribution in [2.24, 2.45) is 0 Å². The lowest BCUT2D eigenvalue weighted by atomic mass is 9.96. The number of carbonyl (C=O) groups is 1. The summed E-state index contributed by atoms with van der Waals surface area (Å²) in [5, 5.41) is 3.94. The fourth-order valence-corrected chi connectivity index (χ4v) is 2.98. The van der Waals surface area contributed by atoms with Crippen LogP contribution in [0.5, 0.6) is 0 Å². The van der Waals surface area contributed by atoms with E-state index < -0.39 is 11.7 Å². The second-order valence-electron chi connectivity index (χ2n) is 6.85. The lowest BCUT2D eigenvalue weighted by Crippen LogP contribution is -2.38. The van der Waals surface area contributed by atoms with Gasteiger partial charge in [0.2, 0.25) is 11.8 Å². The van der Waals surface area contributed by atoms with E-state index in [9.17, 15) is 18.0 Å². The third-order valence-corrected chi connectivity index (χ3v) is 4.45. The highest BCUT2D eigenvalue weighted by Crippen LogP contribution is 2.31. The topological polar surface area (TPSA) is 59.2 Å². The quantitative estimate of drug-likeness (QED) is 0.816. The van der Waals surface area contributed by atoms with Crippen LogP contribution in [0.15, 0.2) is 28.8 Å². The Morgan fingerprint density at radius 1 is 1.35 bits per heavy atom. The summed E-state index contributed by atoms with van der Waals surface area (Å²) in [6.07, 6.45) is -3.50. The number of benzene rings is 1. The smallest absolute Gasteiger partial charge is 0.339 e. The number of alkyl halides is 3. The molecule has 1 aliphatic rings. The highest BCUT2D eigenvalue weighted by Gasteiger charge is 2.32. The zero-order valence-electron chi connectivity index (χ0n) is 14.6. The summed E-state index contributed by atoms with van der Waals surface area (Å²) >= 11 is 0. The Bertz CT molecular complexity index is 786. The molecule has 140 valence electrons. The van der Waals surface area contributed by atoms with E-state index in [0.29, 0.717) is 36.7 Å². The number of aromatic nitrogens is 2. The van der Waals surface area contributed by atoms with E-state index in [1.807, 2.05) is 13.8 Å². The van der Waals surface area contributed by atoms with Gasteiger partial charge in [-0.1, -0.05) is 31.1 Å². The van der Waals surface area contributed by atoms with Gasteiger partial charge in [0.1, 0.15) is 0 Å². The number of hydrogen-bond donors (Lipinski definition) is 0. The van der Waals surface area contributed by atoms with Crippen molar-refractivity contribution in [1.29, 1.82) is 0 Å². The predicted molar refractivity (Wildman–Crippen MR) is 87.2 cm³/mol. The molecule has 0 N–H and O–H groups in total. The SMILES string of the molecule is CC(C)c1noc(C2CCC(=O)N(Cc3cccc(C(F)(F)F)c3)C2)n1. The van der Waals surface area contributed by atoms with Gasteiger partial charge >= 0.3 is 6.18 Å². The number of likely N-dealkylation sites (tertiary alicyclic amines) is 1. The average Bonchev–Trinajstić information content (AvgIpc) is 3.07. The Labute approximate surface area is 149 Å². The molecule has 1 amide bonds. The molecule has 1 saturated heterocycles. The van der Waals surface area contributed by atoms with Crippen molar-refractivity contribution in [2.75, 3.05) is 6.54 Å². The molecule has 2 heterocycles. The third kappa shape index (κ3) is 4.05.